The van der Waals surface area contributed by atoms with Crippen LogP contribution in [0, 0.1) is 5.92 Å². The molecule has 0 rings (SSSR count). The van der Waals surface area contributed by atoms with Gasteiger partial charge in [-0.1, -0.05) is 26.7 Å². The summed E-state index contributed by atoms with van der Waals surface area (Å²) in [7, 11) is 0. The topological polar surface area (TPSA) is 29.5 Å². The van der Waals surface area contributed by atoms with E-state index in [4.69, 9.17) is 9.84 Å². The fraction of sp³-hybridized carbons (Fsp3) is 1.00. The summed E-state index contributed by atoms with van der Waals surface area (Å²) in [6.07, 6.45) is 5.81. The second-order valence-electron chi connectivity index (χ2n) is 3.75. The van der Waals surface area contributed by atoms with Gasteiger partial charge in [-0.2, -0.15) is 0 Å². The third-order valence-corrected chi connectivity index (χ3v) is 2.19. The van der Waals surface area contributed by atoms with Crippen LogP contribution in [0.4, 0.5) is 0 Å². The third-order valence-electron chi connectivity index (χ3n) is 2.19. The Hall–Kier alpha value is -0.0800. The van der Waals surface area contributed by atoms with E-state index in [-0.39, 0.29) is 0 Å². The minimum absolute atomic E-state index is 0.316. The maximum absolute atomic E-state index is 8.78. The average molecular weight is 188 g/mol. The van der Waals surface area contributed by atoms with Crippen LogP contribution in [0.15, 0.2) is 0 Å². The number of aliphatic hydroxyl groups excluding tert-OH is 1. The molecule has 2 heteroatoms. The second kappa shape index (κ2) is 10.0. The van der Waals surface area contributed by atoms with E-state index in [1.54, 1.807) is 0 Å². The molecule has 0 heterocycles. The van der Waals surface area contributed by atoms with Crippen molar-refractivity contribution in [1.29, 1.82) is 0 Å². The SMILES string of the molecule is CCCCOCCCCC(C)CO. The highest BCUT2D eigenvalue weighted by atomic mass is 16.5. The fourth-order valence-electron chi connectivity index (χ4n) is 1.14. The van der Waals surface area contributed by atoms with Crippen molar-refractivity contribution < 1.29 is 9.84 Å². The van der Waals surface area contributed by atoms with E-state index in [2.05, 4.69) is 13.8 Å². The lowest BCUT2D eigenvalue weighted by atomic mass is 10.1. The third kappa shape index (κ3) is 9.84. The largest absolute Gasteiger partial charge is 0.396 e. The molecule has 0 saturated heterocycles. The normalized spacial score (nSPS) is 13.2. The smallest absolute Gasteiger partial charge is 0.0466 e. The molecule has 0 aliphatic rings. The molecule has 1 N–H and O–H groups in total. The van der Waals surface area contributed by atoms with Gasteiger partial charge in [-0.25, -0.2) is 0 Å². The molecule has 0 aliphatic heterocycles. The summed E-state index contributed by atoms with van der Waals surface area (Å²) >= 11 is 0. The van der Waals surface area contributed by atoms with E-state index in [1.165, 1.54) is 19.3 Å². The summed E-state index contributed by atoms with van der Waals surface area (Å²) in [6, 6.07) is 0. The fourth-order valence-corrected chi connectivity index (χ4v) is 1.14. The van der Waals surface area contributed by atoms with Crippen LogP contribution in [0.2, 0.25) is 0 Å². The zero-order valence-corrected chi connectivity index (χ0v) is 9.09. The molecule has 1 atom stereocenters. The molecule has 0 fully saturated rings. The van der Waals surface area contributed by atoms with Gasteiger partial charge in [0.2, 0.25) is 0 Å². The Morgan fingerprint density at radius 1 is 1.15 bits per heavy atom. The molecule has 0 aliphatic carbocycles. The minimum atomic E-state index is 0.316. The lowest BCUT2D eigenvalue weighted by Crippen LogP contribution is -2.02. The summed E-state index contributed by atoms with van der Waals surface area (Å²) in [5.41, 5.74) is 0. The maximum Gasteiger partial charge on any atom is 0.0466 e. The highest BCUT2D eigenvalue weighted by Gasteiger charge is 1.98. The zero-order valence-electron chi connectivity index (χ0n) is 9.09. The monoisotopic (exact) mass is 188 g/mol. The number of unbranched alkanes of at least 4 members (excludes halogenated alkanes) is 2. The molecule has 0 amide bonds. The van der Waals surface area contributed by atoms with Gasteiger partial charge in [-0.3, -0.25) is 0 Å². The van der Waals surface area contributed by atoms with Gasteiger partial charge in [-0.15, -0.1) is 0 Å². The summed E-state index contributed by atoms with van der Waals surface area (Å²) in [5.74, 6) is 0.454. The van der Waals surface area contributed by atoms with Gasteiger partial charge < -0.3 is 9.84 Å². The van der Waals surface area contributed by atoms with E-state index in [9.17, 15) is 0 Å². The zero-order chi connectivity index (χ0) is 9.94. The molecule has 2 nitrogen and oxygen atoms in total. The van der Waals surface area contributed by atoms with Crippen LogP contribution in [0.25, 0.3) is 0 Å². The van der Waals surface area contributed by atoms with Crippen LogP contribution in [0.3, 0.4) is 0 Å². The molecule has 0 bridgehead atoms. The number of rotatable bonds is 9. The molecule has 0 aromatic carbocycles. The van der Waals surface area contributed by atoms with Crippen LogP contribution < -0.4 is 0 Å². The summed E-state index contributed by atoms with van der Waals surface area (Å²) in [5, 5.41) is 8.78. The minimum Gasteiger partial charge on any atom is -0.396 e. The predicted molar refractivity (Wildman–Crippen MR) is 55.8 cm³/mol. The van der Waals surface area contributed by atoms with Crippen molar-refractivity contribution >= 4 is 0 Å². The van der Waals surface area contributed by atoms with E-state index in [0.29, 0.717) is 12.5 Å². The van der Waals surface area contributed by atoms with Gasteiger partial charge >= 0.3 is 0 Å². The second-order valence-corrected chi connectivity index (χ2v) is 3.75. The molecule has 0 saturated carbocycles. The van der Waals surface area contributed by atoms with E-state index >= 15 is 0 Å². The first-order valence-electron chi connectivity index (χ1n) is 5.49. The highest BCUT2D eigenvalue weighted by molar-refractivity contribution is 4.50. The van der Waals surface area contributed by atoms with Crippen molar-refractivity contribution in [2.75, 3.05) is 19.8 Å². The van der Waals surface area contributed by atoms with Gasteiger partial charge in [0.15, 0.2) is 0 Å². The van der Waals surface area contributed by atoms with Gasteiger partial charge in [0.25, 0.3) is 0 Å². The molecule has 0 radical (unpaired) electrons. The van der Waals surface area contributed by atoms with Crippen LogP contribution in [0.5, 0.6) is 0 Å². The first-order valence-corrected chi connectivity index (χ1v) is 5.49. The van der Waals surface area contributed by atoms with Gasteiger partial charge in [0, 0.05) is 19.8 Å². The molecular weight excluding hydrogens is 164 g/mol. The molecular formula is C11H24O2. The Balaban J connectivity index is 2.91. The van der Waals surface area contributed by atoms with E-state index in [0.717, 1.165) is 26.1 Å². The first kappa shape index (κ1) is 12.9. The summed E-state index contributed by atoms with van der Waals surface area (Å²) in [6.45, 7) is 6.37. The molecule has 13 heavy (non-hydrogen) atoms. The van der Waals surface area contributed by atoms with Crippen molar-refractivity contribution in [3.05, 3.63) is 0 Å². The standard InChI is InChI=1S/C11H24O2/c1-3-4-8-13-9-6-5-7-11(2)10-12/h11-12H,3-10H2,1-2H3. The Kier molecular flexibility index (Phi) is 9.94. The molecule has 80 valence electrons. The van der Waals surface area contributed by atoms with Crippen molar-refractivity contribution in [3.63, 3.8) is 0 Å². The van der Waals surface area contributed by atoms with Crippen molar-refractivity contribution in [2.45, 2.75) is 46.0 Å². The van der Waals surface area contributed by atoms with Crippen LogP contribution in [-0.4, -0.2) is 24.9 Å². The maximum atomic E-state index is 8.78. The van der Waals surface area contributed by atoms with Gasteiger partial charge in [-0.05, 0) is 25.2 Å². The van der Waals surface area contributed by atoms with Crippen molar-refractivity contribution in [2.24, 2.45) is 5.92 Å². The van der Waals surface area contributed by atoms with Crippen LogP contribution in [-0.2, 0) is 4.74 Å². The number of hydrogen-bond acceptors (Lipinski definition) is 2. The van der Waals surface area contributed by atoms with Gasteiger partial charge in [0.1, 0.15) is 0 Å². The Bertz CT molecular complexity index is 94.1. The number of hydrogen-bond donors (Lipinski definition) is 1. The van der Waals surface area contributed by atoms with E-state index < -0.39 is 0 Å². The lowest BCUT2D eigenvalue weighted by molar-refractivity contribution is 0.125. The number of aliphatic hydroxyl groups is 1. The summed E-state index contributed by atoms with van der Waals surface area (Å²) in [4.78, 5) is 0. The predicted octanol–water partition coefficient (Wildman–Crippen LogP) is 2.60. The quantitative estimate of drug-likeness (QED) is 0.564. The summed E-state index contributed by atoms with van der Waals surface area (Å²) < 4.78 is 5.43. The Morgan fingerprint density at radius 3 is 2.46 bits per heavy atom. The number of ether oxygens (including phenoxy) is 1. The van der Waals surface area contributed by atoms with Gasteiger partial charge in [0.05, 0.1) is 0 Å². The Morgan fingerprint density at radius 2 is 1.85 bits per heavy atom. The molecule has 0 aromatic rings. The van der Waals surface area contributed by atoms with Crippen LogP contribution in [0.1, 0.15) is 46.0 Å². The average Bonchev–Trinajstić information content (AvgIpc) is 2.16. The van der Waals surface area contributed by atoms with E-state index in [1.807, 2.05) is 0 Å². The van der Waals surface area contributed by atoms with Crippen molar-refractivity contribution in [1.82, 2.24) is 0 Å². The van der Waals surface area contributed by atoms with Crippen molar-refractivity contribution in [3.8, 4) is 0 Å². The molecule has 0 spiro atoms. The lowest BCUT2D eigenvalue weighted by Gasteiger charge is -2.07. The van der Waals surface area contributed by atoms with Crippen LogP contribution >= 0.6 is 0 Å². The molecule has 0 aromatic heterocycles. The molecule has 1 unspecified atom stereocenters. The highest BCUT2D eigenvalue weighted by Crippen LogP contribution is 2.06. The Labute approximate surface area is 82.3 Å². The first-order chi connectivity index (χ1) is 6.31.